The molecule has 112 valence electrons. The fourth-order valence-corrected chi connectivity index (χ4v) is 1.57. The van der Waals surface area contributed by atoms with E-state index >= 15 is 0 Å². The fraction of sp³-hybridized carbons (Fsp3) is 0.846. The van der Waals surface area contributed by atoms with Crippen LogP contribution in [-0.4, -0.2) is 63.8 Å². The Morgan fingerprint density at radius 1 is 1.26 bits per heavy atom. The van der Waals surface area contributed by atoms with Crippen molar-refractivity contribution in [1.29, 1.82) is 0 Å². The molecule has 0 saturated heterocycles. The molecule has 0 saturated carbocycles. The third-order valence-corrected chi connectivity index (χ3v) is 2.51. The number of amides is 1. The largest absolute Gasteiger partial charge is 0.469 e. The van der Waals surface area contributed by atoms with Gasteiger partial charge in [-0.25, -0.2) is 0 Å². The lowest BCUT2D eigenvalue weighted by Crippen LogP contribution is -2.41. The SMILES string of the molecule is COCCNCC(=O)N(CCC(=O)OC)CC(C)C. The Bertz CT molecular complexity index is 269. The van der Waals surface area contributed by atoms with Crippen LogP contribution in [0.15, 0.2) is 0 Å². The van der Waals surface area contributed by atoms with Gasteiger partial charge in [-0.1, -0.05) is 13.8 Å². The first-order valence-corrected chi connectivity index (χ1v) is 6.55. The number of rotatable bonds is 10. The molecular formula is C13H26N2O4. The highest BCUT2D eigenvalue weighted by atomic mass is 16.5. The summed E-state index contributed by atoms with van der Waals surface area (Å²) >= 11 is 0. The second-order valence-corrected chi connectivity index (χ2v) is 4.73. The molecule has 6 heteroatoms. The van der Waals surface area contributed by atoms with Gasteiger partial charge in [0.1, 0.15) is 0 Å². The summed E-state index contributed by atoms with van der Waals surface area (Å²) in [5.74, 6) is 0.0585. The Kier molecular flexibility index (Phi) is 10.1. The quantitative estimate of drug-likeness (QED) is 0.457. The summed E-state index contributed by atoms with van der Waals surface area (Å²) in [4.78, 5) is 24.8. The first kappa shape index (κ1) is 17.9. The fourth-order valence-electron chi connectivity index (χ4n) is 1.57. The van der Waals surface area contributed by atoms with Crippen LogP contribution in [-0.2, 0) is 19.1 Å². The van der Waals surface area contributed by atoms with Crippen LogP contribution < -0.4 is 5.32 Å². The maximum atomic E-state index is 12.0. The highest BCUT2D eigenvalue weighted by molar-refractivity contribution is 5.79. The third kappa shape index (κ3) is 9.44. The summed E-state index contributed by atoms with van der Waals surface area (Å²) < 4.78 is 9.48. The van der Waals surface area contributed by atoms with Gasteiger partial charge in [0.05, 0.1) is 26.7 Å². The molecule has 0 aromatic rings. The molecule has 0 atom stereocenters. The molecule has 19 heavy (non-hydrogen) atoms. The van der Waals surface area contributed by atoms with E-state index in [2.05, 4.69) is 10.1 Å². The van der Waals surface area contributed by atoms with Crippen molar-refractivity contribution in [3.63, 3.8) is 0 Å². The Morgan fingerprint density at radius 2 is 1.95 bits per heavy atom. The number of nitrogens with one attached hydrogen (secondary N) is 1. The molecule has 0 aromatic carbocycles. The predicted octanol–water partition coefficient (Wildman–Crippen LogP) is 0.270. The average Bonchev–Trinajstić information content (AvgIpc) is 2.38. The topological polar surface area (TPSA) is 67.9 Å². The van der Waals surface area contributed by atoms with Crippen molar-refractivity contribution in [2.75, 3.05) is 47.0 Å². The Morgan fingerprint density at radius 3 is 2.47 bits per heavy atom. The maximum Gasteiger partial charge on any atom is 0.307 e. The van der Waals surface area contributed by atoms with Gasteiger partial charge in [-0.2, -0.15) is 0 Å². The maximum absolute atomic E-state index is 12.0. The second-order valence-electron chi connectivity index (χ2n) is 4.73. The van der Waals surface area contributed by atoms with E-state index in [1.165, 1.54) is 7.11 Å². The Labute approximate surface area is 115 Å². The van der Waals surface area contributed by atoms with Crippen molar-refractivity contribution in [1.82, 2.24) is 10.2 Å². The molecule has 0 heterocycles. The van der Waals surface area contributed by atoms with E-state index < -0.39 is 0 Å². The predicted molar refractivity (Wildman–Crippen MR) is 72.8 cm³/mol. The van der Waals surface area contributed by atoms with Gasteiger partial charge in [-0.05, 0) is 5.92 Å². The first-order chi connectivity index (χ1) is 9.01. The summed E-state index contributed by atoms with van der Waals surface area (Å²) in [6, 6.07) is 0. The van der Waals surface area contributed by atoms with Crippen LogP contribution in [0.1, 0.15) is 20.3 Å². The number of carbonyl (C=O) groups is 2. The van der Waals surface area contributed by atoms with E-state index in [0.29, 0.717) is 32.2 Å². The molecule has 0 bridgehead atoms. The number of methoxy groups -OCH3 is 2. The monoisotopic (exact) mass is 274 g/mol. The lowest BCUT2D eigenvalue weighted by atomic mass is 10.2. The number of esters is 1. The standard InChI is InChI=1S/C13H26N2O4/c1-11(2)10-15(7-5-13(17)19-4)12(16)9-14-6-8-18-3/h11,14H,5-10H2,1-4H3. The molecule has 0 aromatic heterocycles. The minimum absolute atomic E-state index is 0.00583. The third-order valence-electron chi connectivity index (χ3n) is 2.51. The van der Waals surface area contributed by atoms with Crippen molar-refractivity contribution in [3.05, 3.63) is 0 Å². The van der Waals surface area contributed by atoms with Gasteiger partial charge in [0, 0.05) is 26.7 Å². The van der Waals surface area contributed by atoms with Crippen LogP contribution in [0.25, 0.3) is 0 Å². The number of carbonyl (C=O) groups excluding carboxylic acids is 2. The molecule has 0 aliphatic carbocycles. The molecule has 0 fully saturated rings. The van der Waals surface area contributed by atoms with E-state index in [4.69, 9.17) is 4.74 Å². The van der Waals surface area contributed by atoms with Crippen molar-refractivity contribution >= 4 is 11.9 Å². The van der Waals surface area contributed by atoms with Gasteiger partial charge in [0.25, 0.3) is 0 Å². The van der Waals surface area contributed by atoms with Gasteiger partial charge in [-0.15, -0.1) is 0 Å². The molecule has 0 rings (SSSR count). The minimum Gasteiger partial charge on any atom is -0.469 e. The minimum atomic E-state index is -0.297. The molecule has 0 aliphatic rings. The molecule has 0 unspecified atom stereocenters. The Hall–Kier alpha value is -1.14. The summed E-state index contributed by atoms with van der Waals surface area (Å²) in [6.07, 6.45) is 0.229. The van der Waals surface area contributed by atoms with Crippen molar-refractivity contribution in [3.8, 4) is 0 Å². The number of hydrogen-bond acceptors (Lipinski definition) is 5. The lowest BCUT2D eigenvalue weighted by Gasteiger charge is -2.24. The zero-order valence-electron chi connectivity index (χ0n) is 12.4. The summed E-state index contributed by atoms with van der Waals surface area (Å²) in [7, 11) is 2.97. The van der Waals surface area contributed by atoms with Crippen LogP contribution in [0.3, 0.4) is 0 Å². The van der Waals surface area contributed by atoms with E-state index in [-0.39, 0.29) is 24.8 Å². The lowest BCUT2D eigenvalue weighted by molar-refractivity contribution is -0.141. The first-order valence-electron chi connectivity index (χ1n) is 6.55. The molecular weight excluding hydrogens is 248 g/mol. The van der Waals surface area contributed by atoms with E-state index in [1.54, 1.807) is 12.0 Å². The van der Waals surface area contributed by atoms with Crippen LogP contribution in [0.4, 0.5) is 0 Å². The zero-order valence-corrected chi connectivity index (χ0v) is 12.4. The van der Waals surface area contributed by atoms with Gasteiger partial charge < -0.3 is 19.7 Å². The summed E-state index contributed by atoms with van der Waals surface area (Å²) in [5, 5.41) is 3.01. The average molecular weight is 274 g/mol. The van der Waals surface area contributed by atoms with Crippen LogP contribution in [0.5, 0.6) is 0 Å². The van der Waals surface area contributed by atoms with Gasteiger partial charge >= 0.3 is 5.97 Å². The van der Waals surface area contributed by atoms with Gasteiger partial charge in [0.15, 0.2) is 0 Å². The van der Waals surface area contributed by atoms with Crippen molar-refractivity contribution in [2.45, 2.75) is 20.3 Å². The van der Waals surface area contributed by atoms with Crippen molar-refractivity contribution in [2.24, 2.45) is 5.92 Å². The molecule has 1 N–H and O–H groups in total. The number of nitrogens with zero attached hydrogens (tertiary/aromatic N) is 1. The smallest absolute Gasteiger partial charge is 0.307 e. The number of hydrogen-bond donors (Lipinski definition) is 1. The van der Waals surface area contributed by atoms with E-state index in [9.17, 15) is 9.59 Å². The van der Waals surface area contributed by atoms with Crippen LogP contribution in [0, 0.1) is 5.92 Å². The summed E-state index contributed by atoms with van der Waals surface area (Å²) in [6.45, 7) is 6.58. The van der Waals surface area contributed by atoms with E-state index in [0.717, 1.165) is 0 Å². The molecule has 0 spiro atoms. The molecule has 6 nitrogen and oxygen atoms in total. The van der Waals surface area contributed by atoms with Gasteiger partial charge in [-0.3, -0.25) is 9.59 Å². The molecule has 0 aliphatic heterocycles. The molecule has 0 radical (unpaired) electrons. The normalized spacial score (nSPS) is 10.6. The molecule has 1 amide bonds. The van der Waals surface area contributed by atoms with Crippen molar-refractivity contribution < 1.29 is 19.1 Å². The Balaban J connectivity index is 4.15. The number of ether oxygens (including phenoxy) is 2. The van der Waals surface area contributed by atoms with Gasteiger partial charge in [0.2, 0.25) is 5.91 Å². The zero-order chi connectivity index (χ0) is 14.7. The van der Waals surface area contributed by atoms with Crippen LogP contribution >= 0.6 is 0 Å². The highest BCUT2D eigenvalue weighted by Gasteiger charge is 2.15. The summed E-state index contributed by atoms with van der Waals surface area (Å²) in [5.41, 5.74) is 0. The van der Waals surface area contributed by atoms with Crippen LogP contribution in [0.2, 0.25) is 0 Å². The second kappa shape index (κ2) is 10.8. The highest BCUT2D eigenvalue weighted by Crippen LogP contribution is 2.01. The van der Waals surface area contributed by atoms with E-state index in [1.807, 2.05) is 13.8 Å².